The monoisotopic (exact) mass is 531 g/mol. The molecule has 0 saturated heterocycles. The van der Waals surface area contributed by atoms with E-state index in [1.807, 2.05) is 51.1 Å². The van der Waals surface area contributed by atoms with Gasteiger partial charge in [-0.3, -0.25) is 24.4 Å². The third kappa shape index (κ3) is 5.62. The van der Waals surface area contributed by atoms with Crippen LogP contribution < -0.4 is 16.8 Å². The van der Waals surface area contributed by atoms with Crippen LogP contribution in [0.3, 0.4) is 0 Å². The summed E-state index contributed by atoms with van der Waals surface area (Å²) in [4.78, 5) is 49.8. The predicted molar refractivity (Wildman–Crippen MR) is 146 cm³/mol. The average Bonchev–Trinajstić information content (AvgIpc) is 3.29. The number of anilines is 1. The summed E-state index contributed by atoms with van der Waals surface area (Å²) < 4.78 is 3.99. The van der Waals surface area contributed by atoms with E-state index < -0.39 is 23.4 Å². The van der Waals surface area contributed by atoms with Crippen molar-refractivity contribution in [2.45, 2.75) is 45.3 Å². The summed E-state index contributed by atoms with van der Waals surface area (Å²) in [7, 11) is 0. The zero-order valence-electron chi connectivity index (χ0n) is 21.3. The predicted octanol–water partition coefficient (Wildman–Crippen LogP) is 3.46. The Kier molecular flexibility index (Phi) is 7.67. The van der Waals surface area contributed by atoms with Gasteiger partial charge in [0.25, 0.3) is 11.8 Å². The maximum atomic E-state index is 14.1. The number of nitrogen functional groups attached to an aromatic ring is 1. The number of amides is 3. The van der Waals surface area contributed by atoms with Crippen molar-refractivity contribution in [1.29, 1.82) is 0 Å². The van der Waals surface area contributed by atoms with Crippen molar-refractivity contribution >= 4 is 45.8 Å². The SMILES string of the molecule is CCC(C)(C)NC(=O)C(c1ccc2ncccc2c1)N(Cc1cccnc1)C(=O)c1snc(C(N)=O)c1N. The second kappa shape index (κ2) is 10.9. The quantitative estimate of drug-likeness (QED) is 0.298. The van der Waals surface area contributed by atoms with E-state index in [1.165, 1.54) is 4.90 Å². The highest BCUT2D eigenvalue weighted by atomic mass is 32.1. The van der Waals surface area contributed by atoms with Crippen LogP contribution in [-0.4, -0.2) is 42.5 Å². The number of rotatable bonds is 9. The van der Waals surface area contributed by atoms with E-state index in [4.69, 9.17) is 11.5 Å². The van der Waals surface area contributed by atoms with Gasteiger partial charge in [-0.2, -0.15) is 4.37 Å². The van der Waals surface area contributed by atoms with Crippen LogP contribution in [0.15, 0.2) is 61.1 Å². The van der Waals surface area contributed by atoms with Crippen LogP contribution in [0, 0.1) is 0 Å². The fraction of sp³-hybridized carbons (Fsp3) is 0.259. The molecule has 1 unspecified atom stereocenters. The van der Waals surface area contributed by atoms with E-state index in [0.29, 0.717) is 17.5 Å². The fourth-order valence-electron chi connectivity index (χ4n) is 3.96. The van der Waals surface area contributed by atoms with Gasteiger partial charge < -0.3 is 21.7 Å². The van der Waals surface area contributed by atoms with Crippen molar-refractivity contribution < 1.29 is 14.4 Å². The Morgan fingerprint density at radius 1 is 1.13 bits per heavy atom. The number of nitrogens with zero attached hydrogens (tertiary/aromatic N) is 4. The molecule has 3 heterocycles. The van der Waals surface area contributed by atoms with Gasteiger partial charge in [0.1, 0.15) is 10.9 Å². The number of benzene rings is 1. The zero-order valence-corrected chi connectivity index (χ0v) is 22.2. The molecule has 3 amide bonds. The minimum absolute atomic E-state index is 0.0256. The first-order valence-electron chi connectivity index (χ1n) is 12.0. The number of primary amides is 1. The lowest BCUT2D eigenvalue weighted by atomic mass is 9.97. The Morgan fingerprint density at radius 3 is 2.55 bits per heavy atom. The van der Waals surface area contributed by atoms with Gasteiger partial charge >= 0.3 is 0 Å². The molecule has 0 aliphatic heterocycles. The largest absolute Gasteiger partial charge is 0.395 e. The van der Waals surface area contributed by atoms with E-state index in [9.17, 15) is 14.4 Å². The number of carbonyl (C=O) groups excluding carboxylic acids is 3. The highest BCUT2D eigenvalue weighted by Crippen LogP contribution is 2.32. The molecule has 38 heavy (non-hydrogen) atoms. The summed E-state index contributed by atoms with van der Waals surface area (Å²) in [5.74, 6) is -1.76. The molecule has 196 valence electrons. The highest BCUT2D eigenvalue weighted by molar-refractivity contribution is 7.09. The second-order valence-corrected chi connectivity index (χ2v) is 10.3. The molecule has 0 saturated carbocycles. The number of aromatic nitrogens is 3. The third-order valence-corrected chi connectivity index (χ3v) is 7.19. The average molecular weight is 532 g/mol. The molecular formula is C27H29N7O3S. The Morgan fingerprint density at radius 2 is 1.89 bits per heavy atom. The summed E-state index contributed by atoms with van der Waals surface area (Å²) >= 11 is 0.772. The number of pyridine rings is 2. The van der Waals surface area contributed by atoms with E-state index in [-0.39, 0.29) is 28.7 Å². The Labute approximate surface area is 224 Å². The lowest BCUT2D eigenvalue weighted by Gasteiger charge is -2.34. The zero-order chi connectivity index (χ0) is 27.4. The van der Waals surface area contributed by atoms with Crippen molar-refractivity contribution in [3.63, 3.8) is 0 Å². The standard InChI is InChI=1S/C27H29N7O3S/c1-4-27(2,3)32-25(36)22(18-9-10-19-17(13-18)8-6-12-31-19)34(15-16-7-5-11-30-14-16)26(37)23-20(28)21(24(29)35)33-38-23/h5-14,22H,4,15,28H2,1-3H3,(H2,29,35)(H,32,36). The van der Waals surface area contributed by atoms with Crippen molar-refractivity contribution in [2.75, 3.05) is 5.73 Å². The summed E-state index contributed by atoms with van der Waals surface area (Å²) in [6.07, 6.45) is 5.62. The molecule has 0 spiro atoms. The van der Waals surface area contributed by atoms with Gasteiger partial charge in [-0.15, -0.1) is 0 Å². The van der Waals surface area contributed by atoms with Gasteiger partial charge in [0.15, 0.2) is 5.69 Å². The number of nitrogens with one attached hydrogen (secondary N) is 1. The molecule has 0 aliphatic carbocycles. The van der Waals surface area contributed by atoms with Crippen LogP contribution in [0.2, 0.25) is 0 Å². The Bertz CT molecular complexity index is 1490. The first kappa shape index (κ1) is 26.7. The van der Waals surface area contributed by atoms with Gasteiger partial charge in [-0.25, -0.2) is 0 Å². The van der Waals surface area contributed by atoms with E-state index in [1.54, 1.807) is 30.7 Å². The number of nitrogens with two attached hydrogens (primary N) is 2. The molecule has 4 rings (SSSR count). The molecule has 1 aromatic carbocycles. The molecule has 1 atom stereocenters. The molecule has 0 aliphatic rings. The topological polar surface area (TPSA) is 157 Å². The number of fused-ring (bicyclic) bond motifs is 1. The van der Waals surface area contributed by atoms with Gasteiger partial charge in [0.2, 0.25) is 5.91 Å². The van der Waals surface area contributed by atoms with Crippen LogP contribution in [-0.2, 0) is 11.3 Å². The van der Waals surface area contributed by atoms with Crippen LogP contribution in [0.1, 0.15) is 64.5 Å². The number of hydrogen-bond donors (Lipinski definition) is 3. The molecule has 0 fully saturated rings. The van der Waals surface area contributed by atoms with Crippen LogP contribution in [0.25, 0.3) is 10.9 Å². The van der Waals surface area contributed by atoms with Crippen molar-refractivity contribution in [3.8, 4) is 0 Å². The molecule has 11 heteroatoms. The summed E-state index contributed by atoms with van der Waals surface area (Å²) in [6, 6.07) is 11.7. The molecule has 0 bridgehead atoms. The first-order valence-corrected chi connectivity index (χ1v) is 12.8. The van der Waals surface area contributed by atoms with Crippen LogP contribution in [0.4, 0.5) is 5.69 Å². The third-order valence-electron chi connectivity index (χ3n) is 6.34. The van der Waals surface area contributed by atoms with E-state index in [2.05, 4.69) is 19.7 Å². The van der Waals surface area contributed by atoms with Gasteiger partial charge in [-0.1, -0.05) is 25.1 Å². The van der Waals surface area contributed by atoms with Gasteiger partial charge in [-0.05, 0) is 67.2 Å². The summed E-state index contributed by atoms with van der Waals surface area (Å²) in [5, 5.41) is 3.90. The van der Waals surface area contributed by atoms with Crippen LogP contribution >= 0.6 is 11.5 Å². The smallest absolute Gasteiger partial charge is 0.270 e. The minimum atomic E-state index is -1.04. The fourth-order valence-corrected chi connectivity index (χ4v) is 4.72. The molecule has 3 aromatic heterocycles. The van der Waals surface area contributed by atoms with E-state index in [0.717, 1.165) is 22.4 Å². The van der Waals surface area contributed by atoms with E-state index >= 15 is 0 Å². The molecule has 4 aromatic rings. The number of hydrogen-bond acceptors (Lipinski definition) is 8. The normalized spacial score (nSPS) is 12.2. The number of carbonyl (C=O) groups is 3. The van der Waals surface area contributed by atoms with Crippen molar-refractivity contribution in [1.82, 2.24) is 24.6 Å². The molecule has 0 radical (unpaired) electrons. The highest BCUT2D eigenvalue weighted by Gasteiger charge is 2.36. The summed E-state index contributed by atoms with van der Waals surface area (Å²) in [5.41, 5.74) is 12.7. The minimum Gasteiger partial charge on any atom is -0.395 e. The molecule has 5 N–H and O–H groups in total. The lowest BCUT2D eigenvalue weighted by molar-refractivity contribution is -0.127. The second-order valence-electron chi connectivity index (χ2n) is 9.52. The van der Waals surface area contributed by atoms with Gasteiger partial charge in [0.05, 0.1) is 11.2 Å². The molecule has 10 nitrogen and oxygen atoms in total. The van der Waals surface area contributed by atoms with Crippen molar-refractivity contribution in [2.24, 2.45) is 5.73 Å². The van der Waals surface area contributed by atoms with Gasteiger partial charge in [0, 0.05) is 36.1 Å². The lowest BCUT2D eigenvalue weighted by Crippen LogP contribution is -2.50. The van der Waals surface area contributed by atoms with Crippen LogP contribution in [0.5, 0.6) is 0 Å². The maximum Gasteiger partial charge on any atom is 0.270 e. The Balaban J connectivity index is 1.88. The first-order chi connectivity index (χ1) is 18.1. The Hall–Kier alpha value is -4.38. The van der Waals surface area contributed by atoms with Crippen molar-refractivity contribution in [3.05, 3.63) is 82.8 Å². The maximum absolute atomic E-state index is 14.1. The summed E-state index contributed by atoms with van der Waals surface area (Å²) in [6.45, 7) is 5.85. The molecular weight excluding hydrogens is 502 g/mol.